The second kappa shape index (κ2) is 9.98. The summed E-state index contributed by atoms with van der Waals surface area (Å²) < 4.78 is 19.7. The maximum Gasteiger partial charge on any atom is 0.274 e. The molecule has 0 amide bonds. The molecule has 0 atom stereocenters. The predicted molar refractivity (Wildman–Crippen MR) is 140 cm³/mol. The maximum absolute atomic E-state index is 13.1. The van der Waals surface area contributed by atoms with Gasteiger partial charge in [0.05, 0.1) is 27.2 Å². The Morgan fingerprint density at radius 2 is 1.86 bits per heavy atom. The summed E-state index contributed by atoms with van der Waals surface area (Å²) in [7, 11) is 0. The van der Waals surface area contributed by atoms with E-state index in [1.54, 1.807) is 16.5 Å². The maximum atomic E-state index is 13.1. The SMILES string of the molecule is CCOc1cc(C=c2sc3nc4ccccc4n3c2=O)cc(Cl)c1OCCOc1cccc(C)c1. The van der Waals surface area contributed by atoms with Crippen LogP contribution in [0.2, 0.25) is 5.02 Å². The number of halogens is 1. The fourth-order valence-corrected chi connectivity index (χ4v) is 5.11. The number of rotatable bonds is 8. The van der Waals surface area contributed by atoms with Gasteiger partial charge in [0.2, 0.25) is 0 Å². The smallest absolute Gasteiger partial charge is 0.274 e. The summed E-state index contributed by atoms with van der Waals surface area (Å²) in [5.74, 6) is 1.76. The monoisotopic (exact) mass is 506 g/mol. The highest BCUT2D eigenvalue weighted by molar-refractivity contribution is 7.15. The van der Waals surface area contributed by atoms with Gasteiger partial charge in [-0.2, -0.15) is 0 Å². The van der Waals surface area contributed by atoms with Crippen molar-refractivity contribution < 1.29 is 14.2 Å². The van der Waals surface area contributed by atoms with Crippen molar-refractivity contribution in [3.63, 3.8) is 0 Å². The number of para-hydroxylation sites is 2. The van der Waals surface area contributed by atoms with Crippen LogP contribution in [-0.4, -0.2) is 29.2 Å². The molecule has 178 valence electrons. The molecule has 0 unspecified atom stereocenters. The zero-order chi connectivity index (χ0) is 24.4. The van der Waals surface area contributed by atoms with Gasteiger partial charge in [0.15, 0.2) is 16.5 Å². The first kappa shape index (κ1) is 23.2. The molecule has 0 fully saturated rings. The Labute approximate surface area is 211 Å². The second-order valence-electron chi connectivity index (χ2n) is 7.91. The van der Waals surface area contributed by atoms with Gasteiger partial charge >= 0.3 is 0 Å². The van der Waals surface area contributed by atoms with Crippen molar-refractivity contribution in [1.29, 1.82) is 0 Å². The molecule has 2 heterocycles. The molecule has 0 N–H and O–H groups in total. The number of ether oxygens (including phenoxy) is 3. The van der Waals surface area contributed by atoms with Gasteiger partial charge in [0, 0.05) is 0 Å². The van der Waals surface area contributed by atoms with Gasteiger partial charge < -0.3 is 14.2 Å². The minimum atomic E-state index is -0.110. The highest BCUT2D eigenvalue weighted by Crippen LogP contribution is 2.37. The quantitative estimate of drug-likeness (QED) is 0.268. The molecule has 0 aliphatic heterocycles. The van der Waals surface area contributed by atoms with E-state index in [2.05, 4.69) is 4.98 Å². The highest BCUT2D eigenvalue weighted by atomic mass is 35.5. The largest absolute Gasteiger partial charge is 0.490 e. The third-order valence-electron chi connectivity index (χ3n) is 5.36. The van der Waals surface area contributed by atoms with Crippen LogP contribution < -0.4 is 24.3 Å². The second-order valence-corrected chi connectivity index (χ2v) is 9.33. The molecule has 0 saturated carbocycles. The molecular formula is C27H23ClN2O4S. The van der Waals surface area contributed by atoms with Crippen LogP contribution in [0.5, 0.6) is 17.2 Å². The van der Waals surface area contributed by atoms with Crippen LogP contribution >= 0.6 is 22.9 Å². The molecule has 0 radical (unpaired) electrons. The Morgan fingerprint density at radius 3 is 2.69 bits per heavy atom. The third-order valence-corrected chi connectivity index (χ3v) is 6.61. The van der Waals surface area contributed by atoms with Gasteiger partial charge in [-0.1, -0.05) is 47.2 Å². The fraction of sp³-hybridized carbons (Fsp3) is 0.185. The first-order valence-corrected chi connectivity index (χ1v) is 12.4. The Hall–Kier alpha value is -3.55. The summed E-state index contributed by atoms with van der Waals surface area (Å²) in [5.41, 5.74) is 3.37. The molecule has 5 aromatic rings. The van der Waals surface area contributed by atoms with E-state index >= 15 is 0 Å². The summed E-state index contributed by atoms with van der Waals surface area (Å²) >= 11 is 7.91. The van der Waals surface area contributed by atoms with Gasteiger partial charge in [-0.3, -0.25) is 4.79 Å². The van der Waals surface area contributed by atoms with Crippen molar-refractivity contribution in [3.05, 3.63) is 91.7 Å². The van der Waals surface area contributed by atoms with E-state index in [0.717, 1.165) is 27.9 Å². The van der Waals surface area contributed by atoms with E-state index in [0.29, 0.717) is 45.8 Å². The Morgan fingerprint density at radius 1 is 1.03 bits per heavy atom. The van der Waals surface area contributed by atoms with Gasteiger partial charge in [0.25, 0.3) is 5.56 Å². The number of aryl methyl sites for hydroxylation is 1. The van der Waals surface area contributed by atoms with Crippen LogP contribution in [0.1, 0.15) is 18.1 Å². The number of imidazole rings is 1. The molecule has 8 heteroatoms. The number of hydrogen-bond donors (Lipinski definition) is 0. The molecule has 0 saturated heterocycles. The summed E-state index contributed by atoms with van der Waals surface area (Å²) in [6.45, 7) is 5.02. The number of fused-ring (bicyclic) bond motifs is 3. The van der Waals surface area contributed by atoms with Gasteiger partial charge in [0.1, 0.15) is 19.0 Å². The van der Waals surface area contributed by atoms with Gasteiger partial charge in [-0.15, -0.1) is 0 Å². The lowest BCUT2D eigenvalue weighted by atomic mass is 10.2. The Balaban J connectivity index is 1.40. The lowest BCUT2D eigenvalue weighted by molar-refractivity contribution is 0.208. The molecule has 0 bridgehead atoms. The zero-order valence-electron chi connectivity index (χ0n) is 19.3. The molecular weight excluding hydrogens is 484 g/mol. The molecule has 5 rings (SSSR count). The number of aromatic nitrogens is 2. The van der Waals surface area contributed by atoms with Crippen LogP contribution in [0, 0.1) is 6.92 Å². The summed E-state index contributed by atoms with van der Waals surface area (Å²) in [6.07, 6.45) is 1.80. The Bertz CT molecular complexity index is 1630. The molecule has 3 aromatic carbocycles. The van der Waals surface area contributed by atoms with E-state index in [1.807, 2.05) is 68.4 Å². The predicted octanol–water partition coefficient (Wildman–Crippen LogP) is 5.28. The van der Waals surface area contributed by atoms with Crippen molar-refractivity contribution >= 4 is 45.0 Å². The van der Waals surface area contributed by atoms with Crippen molar-refractivity contribution in [2.75, 3.05) is 19.8 Å². The van der Waals surface area contributed by atoms with E-state index in [-0.39, 0.29) is 5.56 Å². The standard InChI is InChI=1S/C27H23ClN2O4S/c1-3-32-23-15-18(14-20(28)25(23)34-12-11-33-19-8-6-7-17(2)13-19)16-24-26(31)30-22-10-5-4-9-21(22)29-27(30)35-24/h4-10,13-16H,3,11-12H2,1-2H3. The summed E-state index contributed by atoms with van der Waals surface area (Å²) in [4.78, 5) is 18.3. The first-order chi connectivity index (χ1) is 17.0. The number of thiazole rings is 1. The summed E-state index contributed by atoms with van der Waals surface area (Å²) in [6, 6.07) is 19.0. The lowest BCUT2D eigenvalue weighted by Crippen LogP contribution is -2.22. The minimum absolute atomic E-state index is 0.110. The minimum Gasteiger partial charge on any atom is -0.490 e. The van der Waals surface area contributed by atoms with E-state index in [9.17, 15) is 4.79 Å². The fourth-order valence-electron chi connectivity index (χ4n) is 3.85. The lowest BCUT2D eigenvalue weighted by Gasteiger charge is -2.15. The van der Waals surface area contributed by atoms with Crippen LogP contribution in [-0.2, 0) is 0 Å². The number of benzene rings is 3. The van der Waals surface area contributed by atoms with E-state index in [4.69, 9.17) is 25.8 Å². The number of nitrogens with zero attached hydrogens (tertiary/aromatic N) is 2. The average molecular weight is 507 g/mol. The van der Waals surface area contributed by atoms with Crippen molar-refractivity contribution in [3.8, 4) is 17.2 Å². The Kier molecular flexibility index (Phi) is 6.61. The molecule has 0 spiro atoms. The van der Waals surface area contributed by atoms with Crippen molar-refractivity contribution in [2.24, 2.45) is 0 Å². The van der Waals surface area contributed by atoms with E-state index in [1.165, 1.54) is 11.3 Å². The molecule has 35 heavy (non-hydrogen) atoms. The van der Waals surface area contributed by atoms with Crippen molar-refractivity contribution in [2.45, 2.75) is 13.8 Å². The van der Waals surface area contributed by atoms with Crippen LogP contribution in [0.25, 0.3) is 22.1 Å². The molecule has 0 aliphatic rings. The first-order valence-electron chi connectivity index (χ1n) is 11.2. The topological polar surface area (TPSA) is 62.1 Å². The van der Waals surface area contributed by atoms with Crippen LogP contribution in [0.4, 0.5) is 0 Å². The number of hydrogen-bond acceptors (Lipinski definition) is 6. The molecule has 6 nitrogen and oxygen atoms in total. The highest BCUT2D eigenvalue weighted by Gasteiger charge is 2.14. The van der Waals surface area contributed by atoms with Gasteiger partial charge in [-0.05, 0) is 67.4 Å². The van der Waals surface area contributed by atoms with Crippen molar-refractivity contribution in [1.82, 2.24) is 9.38 Å². The molecule has 0 aliphatic carbocycles. The van der Waals surface area contributed by atoms with E-state index < -0.39 is 0 Å². The normalized spacial score (nSPS) is 11.9. The van der Waals surface area contributed by atoms with Gasteiger partial charge in [-0.25, -0.2) is 9.38 Å². The van der Waals surface area contributed by atoms with Crippen LogP contribution in [0.15, 0.2) is 65.5 Å². The third kappa shape index (κ3) is 4.83. The zero-order valence-corrected chi connectivity index (χ0v) is 20.9. The average Bonchev–Trinajstić information content (AvgIpc) is 3.34. The summed E-state index contributed by atoms with van der Waals surface area (Å²) in [5, 5.41) is 0.400. The molecule has 2 aromatic heterocycles. The van der Waals surface area contributed by atoms with Crippen LogP contribution in [0.3, 0.4) is 0 Å².